The molecule has 3 amide bonds. The number of ether oxygens (including phenoxy) is 2. The second-order valence-electron chi connectivity index (χ2n) is 8.35. The van der Waals surface area contributed by atoms with Gasteiger partial charge in [-0.15, -0.1) is 0 Å². The molecule has 1 fully saturated rings. The number of nitrogens with one attached hydrogen (secondary N) is 2. The van der Waals surface area contributed by atoms with Crippen LogP contribution < -0.4 is 15.4 Å². The summed E-state index contributed by atoms with van der Waals surface area (Å²) in [6.07, 6.45) is 5.25. The number of hydrogen-bond donors (Lipinski definition) is 2. The highest BCUT2D eigenvalue weighted by Gasteiger charge is 2.17. The lowest BCUT2D eigenvalue weighted by molar-refractivity contribution is -0.134. The van der Waals surface area contributed by atoms with Gasteiger partial charge in [-0.25, -0.2) is 9.48 Å². The van der Waals surface area contributed by atoms with Crippen molar-refractivity contribution < 1.29 is 19.1 Å². The zero-order valence-corrected chi connectivity index (χ0v) is 20.0. The number of anilines is 2. The quantitative estimate of drug-likeness (QED) is 0.397. The van der Waals surface area contributed by atoms with Gasteiger partial charge in [0.15, 0.2) is 0 Å². The zero-order valence-electron chi connectivity index (χ0n) is 20.0. The molecule has 0 spiro atoms. The standard InChI is InChI=1S/C27H26N6O4/c34-26(32-15-17-36-18-16-32)19-20-1-5-22(6-2-20)33-25(11-14-29-33)31-27(35)30-21-3-7-23(8-4-21)37-24-9-12-28-13-10-24/h1-14H,15-19H2,(H2,30,31,35). The molecule has 2 aromatic heterocycles. The fraction of sp³-hybridized carbons (Fsp3) is 0.185. The minimum Gasteiger partial charge on any atom is -0.457 e. The highest BCUT2D eigenvalue weighted by Crippen LogP contribution is 2.23. The van der Waals surface area contributed by atoms with Crippen LogP contribution in [0.5, 0.6) is 11.5 Å². The molecule has 10 nitrogen and oxygen atoms in total. The fourth-order valence-electron chi connectivity index (χ4n) is 3.89. The Kier molecular flexibility index (Phi) is 7.37. The van der Waals surface area contributed by atoms with E-state index < -0.39 is 6.03 Å². The summed E-state index contributed by atoms with van der Waals surface area (Å²) in [4.78, 5) is 30.9. The number of rotatable bonds is 7. The predicted octanol–water partition coefficient (Wildman–Crippen LogP) is 4.10. The van der Waals surface area contributed by atoms with Gasteiger partial charge in [0.2, 0.25) is 5.91 Å². The predicted molar refractivity (Wildman–Crippen MR) is 138 cm³/mol. The average molecular weight is 499 g/mol. The molecule has 5 rings (SSSR count). The van der Waals surface area contributed by atoms with E-state index in [0.717, 1.165) is 11.3 Å². The summed E-state index contributed by atoms with van der Waals surface area (Å²) in [6, 6.07) is 19.4. The third-order valence-electron chi connectivity index (χ3n) is 5.78. The van der Waals surface area contributed by atoms with E-state index >= 15 is 0 Å². The first-order valence-corrected chi connectivity index (χ1v) is 11.9. The molecule has 4 aromatic rings. The third-order valence-corrected chi connectivity index (χ3v) is 5.78. The summed E-state index contributed by atoms with van der Waals surface area (Å²) < 4.78 is 12.7. The second-order valence-corrected chi connectivity index (χ2v) is 8.35. The number of urea groups is 1. The van der Waals surface area contributed by atoms with E-state index in [4.69, 9.17) is 9.47 Å². The number of nitrogens with zero attached hydrogens (tertiary/aromatic N) is 4. The van der Waals surface area contributed by atoms with E-state index in [-0.39, 0.29) is 5.91 Å². The van der Waals surface area contributed by atoms with Crippen LogP contribution >= 0.6 is 0 Å². The van der Waals surface area contributed by atoms with Crippen LogP contribution in [-0.4, -0.2) is 57.9 Å². The number of hydrogen-bond acceptors (Lipinski definition) is 6. The Morgan fingerprint density at radius 3 is 2.27 bits per heavy atom. The molecule has 188 valence electrons. The van der Waals surface area contributed by atoms with Gasteiger partial charge in [0.25, 0.3) is 0 Å². The van der Waals surface area contributed by atoms with E-state index in [1.165, 1.54) is 0 Å². The molecule has 1 aliphatic rings. The van der Waals surface area contributed by atoms with Crippen LogP contribution in [0.15, 0.2) is 85.3 Å². The largest absolute Gasteiger partial charge is 0.457 e. The summed E-state index contributed by atoms with van der Waals surface area (Å²) in [5.41, 5.74) is 2.29. The summed E-state index contributed by atoms with van der Waals surface area (Å²) in [5, 5.41) is 9.95. The first-order valence-electron chi connectivity index (χ1n) is 11.9. The summed E-state index contributed by atoms with van der Waals surface area (Å²) in [7, 11) is 0. The molecule has 1 saturated heterocycles. The maximum atomic E-state index is 12.6. The molecule has 10 heteroatoms. The molecule has 3 heterocycles. The van der Waals surface area contributed by atoms with Gasteiger partial charge < -0.3 is 19.7 Å². The maximum absolute atomic E-state index is 12.6. The molecule has 0 saturated carbocycles. The minimum absolute atomic E-state index is 0.0890. The SMILES string of the molecule is O=C(Nc1ccc(Oc2ccncc2)cc1)Nc1ccnn1-c1ccc(CC(=O)N2CCOCC2)cc1. The third kappa shape index (κ3) is 6.30. The summed E-state index contributed by atoms with van der Waals surface area (Å²) in [6.45, 7) is 2.43. The van der Waals surface area contributed by atoms with Crippen LogP contribution in [0.4, 0.5) is 16.3 Å². The van der Waals surface area contributed by atoms with Gasteiger partial charge in [0.05, 0.1) is 31.5 Å². The number of aromatic nitrogens is 3. The lowest BCUT2D eigenvalue weighted by atomic mass is 10.1. The van der Waals surface area contributed by atoms with Crippen LogP contribution in [-0.2, 0) is 16.0 Å². The first-order chi connectivity index (χ1) is 18.1. The summed E-state index contributed by atoms with van der Waals surface area (Å²) >= 11 is 0. The maximum Gasteiger partial charge on any atom is 0.324 e. The van der Waals surface area contributed by atoms with Crippen LogP contribution in [0.25, 0.3) is 5.69 Å². The minimum atomic E-state index is -0.405. The molecular weight excluding hydrogens is 472 g/mol. The van der Waals surface area contributed by atoms with Crippen molar-refractivity contribution in [2.75, 3.05) is 36.9 Å². The molecule has 2 aromatic carbocycles. The first kappa shape index (κ1) is 24.0. The molecule has 0 bridgehead atoms. The van der Waals surface area contributed by atoms with Crippen molar-refractivity contribution in [1.29, 1.82) is 0 Å². The molecule has 1 aliphatic heterocycles. The van der Waals surface area contributed by atoms with Crippen LogP contribution in [0, 0.1) is 0 Å². The number of amides is 3. The van der Waals surface area contributed by atoms with Crippen molar-refractivity contribution >= 4 is 23.4 Å². The van der Waals surface area contributed by atoms with Gasteiger partial charge >= 0.3 is 6.03 Å². The zero-order chi connectivity index (χ0) is 25.5. The van der Waals surface area contributed by atoms with Gasteiger partial charge in [0, 0.05) is 37.2 Å². The van der Waals surface area contributed by atoms with Gasteiger partial charge in [-0.1, -0.05) is 12.1 Å². The monoisotopic (exact) mass is 498 g/mol. The van der Waals surface area contributed by atoms with E-state index in [1.807, 2.05) is 29.2 Å². The molecule has 0 atom stereocenters. The van der Waals surface area contributed by atoms with E-state index in [1.54, 1.807) is 65.7 Å². The van der Waals surface area contributed by atoms with Crippen LogP contribution in [0.3, 0.4) is 0 Å². The van der Waals surface area contributed by atoms with Gasteiger partial charge in [-0.3, -0.25) is 15.1 Å². The Morgan fingerprint density at radius 1 is 0.838 bits per heavy atom. The Balaban J connectivity index is 1.17. The Morgan fingerprint density at radius 2 is 1.54 bits per heavy atom. The lowest BCUT2D eigenvalue weighted by Gasteiger charge is -2.26. The van der Waals surface area contributed by atoms with Crippen molar-refractivity contribution in [3.05, 3.63) is 90.9 Å². The Labute approximate surface area is 213 Å². The summed E-state index contributed by atoms with van der Waals surface area (Å²) in [5.74, 6) is 1.92. The number of pyridine rings is 1. The molecular formula is C27H26N6O4. The Bertz CT molecular complexity index is 1330. The van der Waals surface area contributed by atoms with Crippen LogP contribution in [0.1, 0.15) is 5.56 Å². The van der Waals surface area contributed by atoms with Crippen molar-refractivity contribution in [2.24, 2.45) is 0 Å². The van der Waals surface area contributed by atoms with Crippen molar-refractivity contribution in [1.82, 2.24) is 19.7 Å². The number of benzene rings is 2. The van der Waals surface area contributed by atoms with Gasteiger partial charge in [-0.2, -0.15) is 5.10 Å². The normalized spacial score (nSPS) is 13.1. The highest BCUT2D eigenvalue weighted by atomic mass is 16.5. The fourth-order valence-corrected chi connectivity index (χ4v) is 3.89. The average Bonchev–Trinajstić information content (AvgIpc) is 3.39. The van der Waals surface area contributed by atoms with Gasteiger partial charge in [-0.05, 0) is 54.1 Å². The van der Waals surface area contributed by atoms with Crippen molar-refractivity contribution in [3.63, 3.8) is 0 Å². The molecule has 0 aliphatic carbocycles. The molecule has 2 N–H and O–H groups in total. The lowest BCUT2D eigenvalue weighted by Crippen LogP contribution is -2.41. The number of carbonyl (C=O) groups is 2. The van der Waals surface area contributed by atoms with E-state index in [2.05, 4.69) is 20.7 Å². The van der Waals surface area contributed by atoms with Crippen molar-refractivity contribution in [2.45, 2.75) is 6.42 Å². The van der Waals surface area contributed by atoms with Crippen LogP contribution in [0.2, 0.25) is 0 Å². The van der Waals surface area contributed by atoms with E-state index in [0.29, 0.717) is 55.7 Å². The molecule has 0 radical (unpaired) electrons. The Hall–Kier alpha value is -4.70. The van der Waals surface area contributed by atoms with Crippen molar-refractivity contribution in [3.8, 4) is 17.2 Å². The van der Waals surface area contributed by atoms with Gasteiger partial charge in [0.1, 0.15) is 17.3 Å². The van der Waals surface area contributed by atoms with E-state index in [9.17, 15) is 9.59 Å². The highest BCUT2D eigenvalue weighted by molar-refractivity contribution is 5.99. The number of morpholine rings is 1. The second kappa shape index (κ2) is 11.4. The molecule has 37 heavy (non-hydrogen) atoms. The molecule has 0 unspecified atom stereocenters. The smallest absolute Gasteiger partial charge is 0.324 e. The number of carbonyl (C=O) groups excluding carboxylic acids is 2. The topological polar surface area (TPSA) is 111 Å².